The molecule has 33 heavy (non-hydrogen) atoms. The maximum atomic E-state index is 14.3. The highest BCUT2D eigenvalue weighted by molar-refractivity contribution is 5.92. The van der Waals surface area contributed by atoms with E-state index in [2.05, 4.69) is 25.0 Å². The number of ether oxygens (including phenoxy) is 1. The summed E-state index contributed by atoms with van der Waals surface area (Å²) < 4.78 is 21.2. The quantitative estimate of drug-likeness (QED) is 0.508. The number of aromatic nitrogens is 6. The van der Waals surface area contributed by atoms with Crippen LogP contribution in [-0.2, 0) is 11.2 Å². The van der Waals surface area contributed by atoms with Gasteiger partial charge in [-0.05, 0) is 18.2 Å². The highest BCUT2D eigenvalue weighted by Gasteiger charge is 2.34. The zero-order chi connectivity index (χ0) is 22.4. The van der Waals surface area contributed by atoms with Crippen LogP contribution in [-0.4, -0.2) is 73.2 Å². The second kappa shape index (κ2) is 7.93. The van der Waals surface area contributed by atoms with Crippen LogP contribution in [0.15, 0.2) is 43.1 Å². The molecule has 6 heterocycles. The van der Waals surface area contributed by atoms with Gasteiger partial charge >= 0.3 is 0 Å². The maximum Gasteiger partial charge on any atom is 0.274 e. The van der Waals surface area contributed by atoms with Crippen LogP contribution >= 0.6 is 0 Å². The first-order chi connectivity index (χ1) is 16.2. The molecule has 2 aliphatic rings. The van der Waals surface area contributed by atoms with Crippen molar-refractivity contribution in [3.05, 3.63) is 71.7 Å². The first-order valence-electron chi connectivity index (χ1n) is 10.8. The molecule has 4 aromatic heterocycles. The molecule has 4 aromatic rings. The monoisotopic (exact) mass is 448 g/mol. The number of fused-ring (bicyclic) bond motifs is 2. The lowest BCUT2D eigenvalue weighted by Crippen LogP contribution is -2.41. The summed E-state index contributed by atoms with van der Waals surface area (Å²) in [6.45, 7) is 2.78. The summed E-state index contributed by atoms with van der Waals surface area (Å²) in [7, 11) is 0. The fraction of sp³-hybridized carbons (Fsp3) is 0.318. The van der Waals surface area contributed by atoms with Gasteiger partial charge in [-0.2, -0.15) is 5.10 Å². The van der Waals surface area contributed by atoms with Gasteiger partial charge in [0, 0.05) is 37.9 Å². The summed E-state index contributed by atoms with van der Waals surface area (Å²) in [5, 5.41) is 4.62. The number of amides is 1. The number of hydrogen-bond donors (Lipinski definition) is 1. The predicted molar refractivity (Wildman–Crippen MR) is 115 cm³/mol. The number of carbonyl (C=O) groups excluding carboxylic acids is 1. The lowest BCUT2D eigenvalue weighted by molar-refractivity contribution is 0.0298. The number of halogens is 1. The summed E-state index contributed by atoms with van der Waals surface area (Å²) in [6.07, 6.45) is 7.23. The summed E-state index contributed by atoms with van der Waals surface area (Å²) in [4.78, 5) is 33.2. The molecule has 1 amide bonds. The molecule has 6 rings (SSSR count). The molecule has 1 N–H and O–H groups in total. The van der Waals surface area contributed by atoms with Crippen LogP contribution in [0.1, 0.15) is 33.6 Å². The molecule has 1 fully saturated rings. The zero-order valence-electron chi connectivity index (χ0n) is 17.7. The average molecular weight is 448 g/mol. The number of imidazole rings is 1. The third-order valence-corrected chi connectivity index (χ3v) is 6.12. The van der Waals surface area contributed by atoms with Crippen LogP contribution in [0, 0.1) is 5.82 Å². The van der Waals surface area contributed by atoms with Gasteiger partial charge in [0.1, 0.15) is 28.9 Å². The van der Waals surface area contributed by atoms with Crippen molar-refractivity contribution >= 4 is 17.2 Å². The second-order valence-corrected chi connectivity index (χ2v) is 8.03. The van der Waals surface area contributed by atoms with Crippen molar-refractivity contribution in [3.8, 4) is 0 Å². The van der Waals surface area contributed by atoms with E-state index in [0.717, 1.165) is 17.8 Å². The van der Waals surface area contributed by atoms with Gasteiger partial charge < -0.3 is 19.5 Å². The number of pyridine rings is 1. The number of aromatic amines is 1. The van der Waals surface area contributed by atoms with Crippen molar-refractivity contribution in [1.82, 2.24) is 34.4 Å². The molecule has 0 unspecified atom stereocenters. The third-order valence-electron chi connectivity index (χ3n) is 6.12. The van der Waals surface area contributed by atoms with Crippen molar-refractivity contribution in [3.63, 3.8) is 0 Å². The Kier molecular flexibility index (Phi) is 4.75. The largest absolute Gasteiger partial charge is 0.378 e. The van der Waals surface area contributed by atoms with E-state index >= 15 is 0 Å². The molecule has 168 valence electrons. The van der Waals surface area contributed by atoms with Crippen molar-refractivity contribution in [1.29, 1.82) is 0 Å². The Morgan fingerprint density at radius 2 is 2.03 bits per heavy atom. The van der Waals surface area contributed by atoms with Gasteiger partial charge in [-0.3, -0.25) is 4.79 Å². The standard InChI is InChI=1S/C22H21FN8O2/c23-14-2-1-4-31-18(14)10-16(28-31)21-20-15(26-13-27-20)3-5-30(21)19-12-24-17(11-25-19)22(32)29-6-8-33-9-7-29/h1-2,4,10-13,21H,3,5-9H2,(H,26,27)/t21-/m1/s1. The van der Waals surface area contributed by atoms with Gasteiger partial charge in [-0.1, -0.05) is 0 Å². The topological polar surface area (TPSA) is 105 Å². The van der Waals surface area contributed by atoms with Crippen molar-refractivity contribution in [2.75, 3.05) is 37.7 Å². The fourth-order valence-electron chi connectivity index (χ4n) is 4.46. The first kappa shape index (κ1) is 19.8. The van der Waals surface area contributed by atoms with Crippen LogP contribution in [0.2, 0.25) is 0 Å². The van der Waals surface area contributed by atoms with Gasteiger partial charge in [-0.25, -0.2) is 23.9 Å². The maximum absolute atomic E-state index is 14.3. The van der Waals surface area contributed by atoms with Crippen molar-refractivity contribution < 1.29 is 13.9 Å². The Morgan fingerprint density at radius 1 is 1.15 bits per heavy atom. The van der Waals surface area contributed by atoms with Gasteiger partial charge in [0.15, 0.2) is 0 Å². The van der Waals surface area contributed by atoms with E-state index in [-0.39, 0.29) is 17.8 Å². The Labute approximate surface area is 188 Å². The number of rotatable bonds is 3. The highest BCUT2D eigenvalue weighted by atomic mass is 19.1. The summed E-state index contributed by atoms with van der Waals surface area (Å²) in [5.74, 6) is 0.106. The Balaban J connectivity index is 1.35. The van der Waals surface area contributed by atoms with Crippen molar-refractivity contribution in [2.24, 2.45) is 0 Å². The van der Waals surface area contributed by atoms with E-state index in [1.165, 1.54) is 16.8 Å². The van der Waals surface area contributed by atoms with E-state index in [9.17, 15) is 9.18 Å². The Morgan fingerprint density at radius 3 is 2.82 bits per heavy atom. The number of hydrogen-bond acceptors (Lipinski definition) is 7. The van der Waals surface area contributed by atoms with Crippen LogP contribution in [0.4, 0.5) is 10.2 Å². The molecule has 10 nitrogen and oxygen atoms in total. The van der Waals surface area contributed by atoms with Gasteiger partial charge in [0.05, 0.1) is 43.3 Å². The molecule has 0 spiro atoms. The number of nitrogens with one attached hydrogen (secondary N) is 1. The van der Waals surface area contributed by atoms with Crippen molar-refractivity contribution in [2.45, 2.75) is 12.5 Å². The predicted octanol–water partition coefficient (Wildman–Crippen LogP) is 1.61. The molecule has 11 heteroatoms. The summed E-state index contributed by atoms with van der Waals surface area (Å²) >= 11 is 0. The normalized spacial score (nSPS) is 18.5. The first-order valence-corrected chi connectivity index (χ1v) is 10.8. The van der Waals surface area contributed by atoms with E-state index in [1.54, 1.807) is 35.8 Å². The number of H-pyrrole nitrogens is 1. The van der Waals surface area contributed by atoms with Crippen LogP contribution in [0.5, 0.6) is 0 Å². The molecule has 1 atom stereocenters. The minimum Gasteiger partial charge on any atom is -0.378 e. The lowest BCUT2D eigenvalue weighted by atomic mass is 10.00. The van der Waals surface area contributed by atoms with E-state index in [0.29, 0.717) is 55.6 Å². The smallest absolute Gasteiger partial charge is 0.274 e. The number of carbonyl (C=O) groups is 1. The highest BCUT2D eigenvalue weighted by Crippen LogP contribution is 2.35. The molecule has 0 radical (unpaired) electrons. The van der Waals surface area contributed by atoms with E-state index in [1.807, 2.05) is 4.90 Å². The van der Waals surface area contributed by atoms with Crippen LogP contribution in [0.3, 0.4) is 0 Å². The van der Waals surface area contributed by atoms with Gasteiger partial charge in [0.2, 0.25) is 0 Å². The molecule has 0 aromatic carbocycles. The molecular formula is C22H21FN8O2. The van der Waals surface area contributed by atoms with Crippen LogP contribution in [0.25, 0.3) is 5.52 Å². The molecule has 0 bridgehead atoms. The Hall–Kier alpha value is -3.86. The summed E-state index contributed by atoms with van der Waals surface area (Å²) in [6, 6.07) is 4.40. The molecule has 0 saturated carbocycles. The minimum atomic E-state index is -0.366. The van der Waals surface area contributed by atoms with E-state index in [4.69, 9.17) is 4.74 Å². The zero-order valence-corrected chi connectivity index (χ0v) is 17.7. The fourth-order valence-corrected chi connectivity index (χ4v) is 4.46. The molecule has 2 aliphatic heterocycles. The molecule has 1 saturated heterocycles. The van der Waals surface area contributed by atoms with Gasteiger partial charge in [-0.15, -0.1) is 0 Å². The molecular weight excluding hydrogens is 427 g/mol. The average Bonchev–Trinajstić information content (AvgIpc) is 3.51. The Bertz CT molecular complexity index is 1310. The van der Waals surface area contributed by atoms with Crippen LogP contribution < -0.4 is 4.90 Å². The number of anilines is 1. The number of nitrogens with zero attached hydrogens (tertiary/aromatic N) is 7. The second-order valence-electron chi connectivity index (χ2n) is 8.03. The molecule has 0 aliphatic carbocycles. The minimum absolute atomic E-state index is 0.155. The SMILES string of the molecule is O=C(c1cnc(N2CCc3[nH]cnc3[C@H]2c2cc3c(F)cccn3n2)cn1)N1CCOCC1. The van der Waals surface area contributed by atoms with Gasteiger partial charge in [0.25, 0.3) is 5.91 Å². The lowest BCUT2D eigenvalue weighted by Gasteiger charge is -2.34. The van der Waals surface area contributed by atoms with E-state index < -0.39 is 0 Å². The summed E-state index contributed by atoms with van der Waals surface area (Å²) in [5.41, 5.74) is 3.18. The number of morpholine rings is 1. The third kappa shape index (κ3) is 3.41.